The molecule has 30 heavy (non-hydrogen) atoms. The number of rotatable bonds is 9. The largest absolute Gasteiger partial charge is 0.380 e. The van der Waals surface area contributed by atoms with Crippen LogP contribution in [-0.2, 0) is 19.7 Å². The lowest BCUT2D eigenvalue weighted by Gasteiger charge is -2.18. The van der Waals surface area contributed by atoms with Gasteiger partial charge in [-0.2, -0.15) is 0 Å². The molecule has 0 saturated carbocycles. The number of unbranched alkanes of at least 4 members (excludes halogenated alkanes) is 2. The van der Waals surface area contributed by atoms with E-state index in [1.165, 1.54) is 24.3 Å². The highest BCUT2D eigenvalue weighted by atomic mass is 32.3. The Morgan fingerprint density at radius 3 is 1.70 bits per heavy atom. The predicted molar refractivity (Wildman–Crippen MR) is 118 cm³/mol. The van der Waals surface area contributed by atoms with Gasteiger partial charge >= 0.3 is 0 Å². The maximum atomic E-state index is 13.2. The monoisotopic (exact) mass is 448 g/mol. The van der Waals surface area contributed by atoms with Crippen LogP contribution in [0.5, 0.6) is 0 Å². The van der Waals surface area contributed by atoms with Gasteiger partial charge in [-0.05, 0) is 43.0 Å². The van der Waals surface area contributed by atoms with Gasteiger partial charge in [0.2, 0.25) is 0 Å². The Hall–Kier alpha value is -2.14. The standard InChI is InChI=1S/C23H28O5S2/c1-19(2)22(24)17-11-3-4-12-18-23(29(25,26)20-13-7-5-8-14-20)30(27,28)21-15-9-6-10-16-21/h5-10,13-16,19,22-24H,3-4,12,18H2,1-2H3. The van der Waals surface area contributed by atoms with Crippen LogP contribution in [0, 0.1) is 17.8 Å². The summed E-state index contributed by atoms with van der Waals surface area (Å²) in [5, 5.41) is 9.70. The van der Waals surface area contributed by atoms with Gasteiger partial charge < -0.3 is 5.11 Å². The SMILES string of the molecule is CC(C)C(O)C#CCCCCC(S(=O)(=O)c1ccccc1)S(=O)(=O)c1ccccc1. The molecule has 0 aliphatic carbocycles. The third kappa shape index (κ3) is 6.18. The summed E-state index contributed by atoms with van der Waals surface area (Å²) in [4.78, 5) is -0.0105. The van der Waals surface area contributed by atoms with E-state index in [0.29, 0.717) is 19.3 Å². The van der Waals surface area contributed by atoms with Crippen molar-refractivity contribution in [3.05, 3.63) is 60.7 Å². The molecule has 162 valence electrons. The predicted octanol–water partition coefficient (Wildman–Crippen LogP) is 3.84. The van der Waals surface area contributed by atoms with Crippen LogP contribution in [0.1, 0.15) is 39.5 Å². The highest BCUT2D eigenvalue weighted by molar-refractivity contribution is 8.09. The second kappa shape index (κ2) is 10.8. The second-order valence-corrected chi connectivity index (χ2v) is 12.0. The first kappa shape index (κ1) is 24.1. The Bertz CT molecular complexity index is 995. The number of aliphatic hydroxyl groups is 1. The highest BCUT2D eigenvalue weighted by Crippen LogP contribution is 2.29. The molecule has 5 nitrogen and oxygen atoms in total. The van der Waals surface area contributed by atoms with Crippen LogP contribution in [0.2, 0.25) is 0 Å². The number of hydrogen-bond acceptors (Lipinski definition) is 5. The first-order chi connectivity index (χ1) is 14.2. The van der Waals surface area contributed by atoms with Gasteiger partial charge in [0, 0.05) is 6.42 Å². The molecular formula is C23H28O5S2. The van der Waals surface area contributed by atoms with E-state index in [1.807, 2.05) is 13.8 Å². The van der Waals surface area contributed by atoms with E-state index in [1.54, 1.807) is 36.4 Å². The smallest absolute Gasteiger partial charge is 0.195 e. The lowest BCUT2D eigenvalue weighted by molar-refractivity contribution is 0.181. The van der Waals surface area contributed by atoms with Gasteiger partial charge in [-0.1, -0.05) is 62.6 Å². The minimum atomic E-state index is -4.09. The average molecular weight is 449 g/mol. The van der Waals surface area contributed by atoms with Gasteiger partial charge in [0.25, 0.3) is 0 Å². The van der Waals surface area contributed by atoms with Gasteiger partial charge in [0.15, 0.2) is 24.3 Å². The van der Waals surface area contributed by atoms with Crippen molar-refractivity contribution in [3.63, 3.8) is 0 Å². The fourth-order valence-corrected chi connectivity index (χ4v) is 7.50. The van der Waals surface area contributed by atoms with Crippen LogP contribution in [0.3, 0.4) is 0 Å². The molecule has 0 radical (unpaired) electrons. The van der Waals surface area contributed by atoms with E-state index in [9.17, 15) is 21.9 Å². The van der Waals surface area contributed by atoms with Crippen molar-refractivity contribution >= 4 is 19.7 Å². The fourth-order valence-electron chi connectivity index (χ4n) is 2.87. The Kier molecular flexibility index (Phi) is 8.65. The molecule has 1 N–H and O–H groups in total. The van der Waals surface area contributed by atoms with Crippen LogP contribution >= 0.6 is 0 Å². The fraction of sp³-hybridized carbons (Fsp3) is 0.391. The molecular weight excluding hydrogens is 420 g/mol. The quantitative estimate of drug-likeness (QED) is 0.465. The Balaban J connectivity index is 2.23. The number of sulfone groups is 2. The van der Waals surface area contributed by atoms with E-state index in [4.69, 9.17) is 0 Å². The van der Waals surface area contributed by atoms with Crippen molar-refractivity contribution < 1.29 is 21.9 Å². The van der Waals surface area contributed by atoms with Crippen LogP contribution < -0.4 is 0 Å². The zero-order valence-electron chi connectivity index (χ0n) is 17.2. The maximum Gasteiger partial charge on any atom is 0.195 e. The van der Waals surface area contributed by atoms with Crippen molar-refractivity contribution in [2.75, 3.05) is 0 Å². The van der Waals surface area contributed by atoms with E-state index in [-0.39, 0.29) is 22.1 Å². The molecule has 0 aromatic heterocycles. The molecule has 0 aliphatic heterocycles. The molecule has 0 heterocycles. The Morgan fingerprint density at radius 2 is 1.27 bits per heavy atom. The third-order valence-corrected chi connectivity index (χ3v) is 9.94. The van der Waals surface area contributed by atoms with Crippen molar-refractivity contribution in [3.8, 4) is 11.8 Å². The summed E-state index contributed by atoms with van der Waals surface area (Å²) in [6.45, 7) is 3.74. The first-order valence-electron chi connectivity index (χ1n) is 9.91. The molecule has 7 heteroatoms. The van der Waals surface area contributed by atoms with Crippen LogP contribution in [0.25, 0.3) is 0 Å². The molecule has 1 unspecified atom stereocenters. The van der Waals surface area contributed by atoms with E-state index in [0.717, 1.165) is 0 Å². The summed E-state index contributed by atoms with van der Waals surface area (Å²) in [6.07, 6.45) is 0.670. The number of benzene rings is 2. The number of aliphatic hydroxyl groups excluding tert-OH is 1. The average Bonchev–Trinajstić information content (AvgIpc) is 2.73. The van der Waals surface area contributed by atoms with Crippen LogP contribution in [0.15, 0.2) is 70.5 Å². The minimum absolute atomic E-state index is 0.00523. The van der Waals surface area contributed by atoms with E-state index >= 15 is 0 Å². The Labute approximate surface area is 180 Å². The number of hydrogen-bond donors (Lipinski definition) is 1. The van der Waals surface area contributed by atoms with Gasteiger partial charge in [-0.15, -0.1) is 5.92 Å². The summed E-state index contributed by atoms with van der Waals surface area (Å²) in [5.41, 5.74) is 0. The molecule has 0 spiro atoms. The summed E-state index contributed by atoms with van der Waals surface area (Å²) in [6, 6.07) is 15.4. The van der Waals surface area contributed by atoms with Crippen molar-refractivity contribution in [2.45, 2.75) is 60.0 Å². The van der Waals surface area contributed by atoms with Gasteiger partial charge in [0.05, 0.1) is 9.79 Å². The van der Waals surface area contributed by atoms with Gasteiger partial charge in [-0.25, -0.2) is 16.8 Å². The van der Waals surface area contributed by atoms with Crippen LogP contribution in [-0.4, -0.2) is 32.6 Å². The highest BCUT2D eigenvalue weighted by Gasteiger charge is 2.39. The third-order valence-electron chi connectivity index (χ3n) is 4.71. The zero-order valence-corrected chi connectivity index (χ0v) is 18.9. The minimum Gasteiger partial charge on any atom is -0.380 e. The lowest BCUT2D eigenvalue weighted by Crippen LogP contribution is -2.31. The molecule has 0 saturated heterocycles. The van der Waals surface area contributed by atoms with E-state index < -0.39 is 30.4 Å². The summed E-state index contributed by atoms with van der Waals surface area (Å²) in [7, 11) is -8.18. The maximum absolute atomic E-state index is 13.2. The lowest BCUT2D eigenvalue weighted by atomic mass is 10.1. The molecule has 1 atom stereocenters. The van der Waals surface area contributed by atoms with Gasteiger partial charge in [0.1, 0.15) is 6.10 Å². The van der Waals surface area contributed by atoms with Crippen LogP contribution in [0.4, 0.5) is 0 Å². The molecule has 0 amide bonds. The summed E-state index contributed by atoms with van der Waals surface area (Å²) in [5.74, 6) is 5.67. The Morgan fingerprint density at radius 1 is 0.800 bits per heavy atom. The van der Waals surface area contributed by atoms with Crippen molar-refractivity contribution in [2.24, 2.45) is 5.92 Å². The molecule has 0 aliphatic rings. The van der Waals surface area contributed by atoms with Crippen molar-refractivity contribution in [1.82, 2.24) is 0 Å². The first-order valence-corrected chi connectivity index (χ1v) is 13.0. The second-order valence-electron chi connectivity index (χ2n) is 7.40. The normalized spacial score (nSPS) is 13.1. The summed E-state index contributed by atoms with van der Waals surface area (Å²) < 4.78 is 51.2. The van der Waals surface area contributed by atoms with Crippen molar-refractivity contribution in [1.29, 1.82) is 0 Å². The molecule has 2 rings (SSSR count). The molecule has 2 aromatic rings. The molecule has 0 bridgehead atoms. The molecule has 2 aromatic carbocycles. The zero-order chi connectivity index (χ0) is 22.2. The van der Waals surface area contributed by atoms with Gasteiger partial charge in [-0.3, -0.25) is 0 Å². The topological polar surface area (TPSA) is 88.5 Å². The molecule has 0 fully saturated rings. The summed E-state index contributed by atoms with van der Waals surface area (Å²) >= 11 is 0. The van der Waals surface area contributed by atoms with E-state index in [2.05, 4.69) is 11.8 Å².